The number of aliphatic hydroxyl groups is 1. The fourth-order valence-corrected chi connectivity index (χ4v) is 4.06. The van der Waals surface area contributed by atoms with Gasteiger partial charge in [-0.1, -0.05) is 11.6 Å². The zero-order valence-electron chi connectivity index (χ0n) is 19.7. The molecular formula is C24H21ClF3N7O3. The Hall–Kier alpha value is -3.83. The molecule has 5 atom stereocenters. The lowest BCUT2D eigenvalue weighted by molar-refractivity contribution is -0.255. The lowest BCUT2D eigenvalue weighted by Crippen LogP contribution is -2.66. The molecular weight excluding hydrogens is 527 g/mol. The second kappa shape index (κ2) is 11.3. The number of ether oxygens (including phenoxy) is 2. The standard InChI is InChI=1S/C24H21ClF3N7O3/c1-10(31)34-24(35-16-4-13(25)8-32-17(16)6-30)23-21(36)20(22-18(38-23)9-37-22)33-7-12(5-29)11-2-14(26)19(28)15(27)3-11/h2-5,7-8,18,20-23,36H,9,29H2,1H3,(H2,31,34,35). The predicted octanol–water partition coefficient (Wildman–Crippen LogP) is 2.40. The molecule has 2 fully saturated rings. The average Bonchev–Trinajstić information content (AvgIpc) is 2.85. The van der Waals surface area contributed by atoms with Crippen LogP contribution in [-0.4, -0.2) is 65.0 Å². The Bertz CT molecular complexity index is 1380. The van der Waals surface area contributed by atoms with E-state index in [0.717, 1.165) is 18.3 Å². The van der Waals surface area contributed by atoms with Crippen LogP contribution in [0, 0.1) is 28.8 Å². The predicted molar refractivity (Wildman–Crippen MR) is 134 cm³/mol. The summed E-state index contributed by atoms with van der Waals surface area (Å²) < 4.78 is 52.4. The fraction of sp³-hybridized carbons (Fsp3) is 0.292. The third kappa shape index (κ3) is 5.53. The molecule has 0 bridgehead atoms. The molecule has 3 heterocycles. The van der Waals surface area contributed by atoms with E-state index < -0.39 is 47.9 Å². The number of hydrogen-bond donors (Lipinski definition) is 3. The van der Waals surface area contributed by atoms with Crippen LogP contribution in [0.15, 0.2) is 45.6 Å². The van der Waals surface area contributed by atoms with E-state index in [9.17, 15) is 23.5 Å². The first-order chi connectivity index (χ1) is 18.1. The van der Waals surface area contributed by atoms with Crippen molar-refractivity contribution in [2.24, 2.45) is 26.4 Å². The van der Waals surface area contributed by atoms with Crippen LogP contribution in [0.25, 0.3) is 5.57 Å². The number of benzene rings is 1. The van der Waals surface area contributed by atoms with Crippen LogP contribution < -0.4 is 11.5 Å². The van der Waals surface area contributed by atoms with Crippen LogP contribution in [0.2, 0.25) is 5.02 Å². The molecule has 0 saturated carbocycles. The number of pyridine rings is 1. The highest BCUT2D eigenvalue weighted by atomic mass is 35.5. The van der Waals surface area contributed by atoms with Gasteiger partial charge in [-0.15, -0.1) is 0 Å². The van der Waals surface area contributed by atoms with Crippen LogP contribution >= 0.6 is 11.6 Å². The number of nitriles is 1. The molecule has 14 heteroatoms. The molecule has 2 aliphatic heterocycles. The van der Waals surface area contributed by atoms with Crippen molar-refractivity contribution in [2.45, 2.75) is 37.4 Å². The van der Waals surface area contributed by atoms with Crippen LogP contribution in [-0.2, 0) is 9.47 Å². The molecule has 0 spiro atoms. The Morgan fingerprint density at radius 3 is 2.58 bits per heavy atom. The summed E-state index contributed by atoms with van der Waals surface area (Å²) >= 11 is 6.01. The van der Waals surface area contributed by atoms with E-state index in [1.165, 1.54) is 25.4 Å². The van der Waals surface area contributed by atoms with Crippen molar-refractivity contribution in [1.29, 1.82) is 5.26 Å². The summed E-state index contributed by atoms with van der Waals surface area (Å²) in [5.41, 5.74) is 11.4. The molecule has 0 aliphatic carbocycles. The number of amidine groups is 2. The second-order valence-corrected chi connectivity index (χ2v) is 8.82. The Labute approximate surface area is 219 Å². The van der Waals surface area contributed by atoms with Gasteiger partial charge in [0.15, 0.2) is 29.0 Å². The molecule has 0 radical (unpaired) electrons. The highest BCUT2D eigenvalue weighted by Crippen LogP contribution is 2.34. The number of nitrogens with zero attached hydrogens (tertiary/aromatic N) is 5. The molecule has 198 valence electrons. The first-order valence-corrected chi connectivity index (χ1v) is 11.5. The monoisotopic (exact) mass is 547 g/mol. The number of aromatic nitrogens is 1. The number of halogens is 4. The van der Waals surface area contributed by atoms with Crippen molar-refractivity contribution in [3.63, 3.8) is 0 Å². The van der Waals surface area contributed by atoms with E-state index in [-0.39, 0.29) is 45.8 Å². The van der Waals surface area contributed by atoms with E-state index >= 15 is 0 Å². The maximum atomic E-state index is 13.7. The summed E-state index contributed by atoms with van der Waals surface area (Å²) in [6, 6.07) is 3.88. The molecule has 2 aliphatic rings. The Kier molecular flexibility index (Phi) is 8.08. The lowest BCUT2D eigenvalue weighted by atomic mass is 9.89. The number of hydrogen-bond acceptors (Lipinski definition) is 8. The SMILES string of the molecule is CC(N)=NC(=Nc1cc(Cl)cnc1C#N)C1OC2COC2C(N=CC(=CN)c2cc(F)c(F)c(F)c2)C1O. The van der Waals surface area contributed by atoms with Gasteiger partial charge < -0.3 is 26.0 Å². The van der Waals surface area contributed by atoms with Crippen molar-refractivity contribution >= 4 is 40.7 Å². The van der Waals surface area contributed by atoms with E-state index in [1.807, 2.05) is 6.07 Å². The van der Waals surface area contributed by atoms with Gasteiger partial charge in [-0.2, -0.15) is 5.26 Å². The molecule has 1 aromatic heterocycles. The minimum absolute atomic E-state index is 0.0435. The van der Waals surface area contributed by atoms with E-state index in [4.69, 9.17) is 32.5 Å². The summed E-state index contributed by atoms with van der Waals surface area (Å²) in [5.74, 6) is -4.39. The van der Waals surface area contributed by atoms with Crippen molar-refractivity contribution in [2.75, 3.05) is 6.61 Å². The molecule has 5 unspecified atom stereocenters. The highest BCUT2D eigenvalue weighted by molar-refractivity contribution is 6.30. The van der Waals surface area contributed by atoms with Gasteiger partial charge >= 0.3 is 0 Å². The normalized spacial score (nSPS) is 26.1. The Morgan fingerprint density at radius 1 is 1.29 bits per heavy atom. The molecule has 2 aromatic rings. The number of rotatable bonds is 5. The first kappa shape index (κ1) is 27.2. The molecule has 2 saturated heterocycles. The molecule has 38 heavy (non-hydrogen) atoms. The molecule has 5 N–H and O–H groups in total. The Balaban J connectivity index is 1.69. The summed E-state index contributed by atoms with van der Waals surface area (Å²) in [5, 5.41) is 20.8. The first-order valence-electron chi connectivity index (χ1n) is 11.1. The third-order valence-electron chi connectivity index (χ3n) is 5.74. The minimum atomic E-state index is -1.62. The van der Waals surface area contributed by atoms with Gasteiger partial charge in [0.1, 0.15) is 42.2 Å². The van der Waals surface area contributed by atoms with Gasteiger partial charge in [0, 0.05) is 24.2 Å². The summed E-state index contributed by atoms with van der Waals surface area (Å²) in [6.45, 7) is 1.69. The van der Waals surface area contributed by atoms with Crippen LogP contribution in [0.4, 0.5) is 18.9 Å². The number of nitrogens with two attached hydrogens (primary N) is 2. The van der Waals surface area contributed by atoms with E-state index in [1.54, 1.807) is 0 Å². The van der Waals surface area contributed by atoms with E-state index in [2.05, 4.69) is 20.0 Å². The maximum absolute atomic E-state index is 13.7. The van der Waals surface area contributed by atoms with E-state index in [0.29, 0.717) is 0 Å². The number of aliphatic imine (C=N–C) groups is 3. The van der Waals surface area contributed by atoms with Gasteiger partial charge in [0.2, 0.25) is 0 Å². The number of allylic oxidation sites excluding steroid dienone is 1. The van der Waals surface area contributed by atoms with Crippen molar-refractivity contribution < 1.29 is 27.8 Å². The van der Waals surface area contributed by atoms with Gasteiger partial charge in [-0.3, -0.25) is 4.99 Å². The number of fused-ring (bicyclic) bond motifs is 1. The van der Waals surface area contributed by atoms with Crippen LogP contribution in [0.5, 0.6) is 0 Å². The third-order valence-corrected chi connectivity index (χ3v) is 5.95. The van der Waals surface area contributed by atoms with Crippen molar-refractivity contribution in [1.82, 2.24) is 4.98 Å². The van der Waals surface area contributed by atoms with Gasteiger partial charge in [0.25, 0.3) is 0 Å². The van der Waals surface area contributed by atoms with Crippen molar-refractivity contribution in [3.8, 4) is 6.07 Å². The zero-order valence-corrected chi connectivity index (χ0v) is 20.5. The Morgan fingerprint density at radius 2 is 2.00 bits per heavy atom. The highest BCUT2D eigenvalue weighted by Gasteiger charge is 2.52. The molecule has 4 rings (SSSR count). The average molecular weight is 548 g/mol. The largest absolute Gasteiger partial charge is 0.404 e. The quantitative estimate of drug-likeness (QED) is 0.294. The summed E-state index contributed by atoms with van der Waals surface area (Å²) in [6.07, 6.45) is -0.241. The summed E-state index contributed by atoms with van der Waals surface area (Å²) in [4.78, 5) is 16.8. The minimum Gasteiger partial charge on any atom is -0.404 e. The zero-order chi connectivity index (χ0) is 27.6. The maximum Gasteiger partial charge on any atom is 0.194 e. The van der Waals surface area contributed by atoms with Crippen LogP contribution in [0.1, 0.15) is 18.2 Å². The summed E-state index contributed by atoms with van der Waals surface area (Å²) in [7, 11) is 0. The number of aliphatic hydroxyl groups excluding tert-OH is 1. The topological polar surface area (TPSA) is 164 Å². The van der Waals surface area contributed by atoms with Gasteiger partial charge in [-0.05, 0) is 30.7 Å². The van der Waals surface area contributed by atoms with Gasteiger partial charge in [-0.25, -0.2) is 28.1 Å². The van der Waals surface area contributed by atoms with Gasteiger partial charge in [0.05, 0.1) is 17.5 Å². The van der Waals surface area contributed by atoms with Crippen molar-refractivity contribution in [3.05, 3.63) is 64.3 Å². The second-order valence-electron chi connectivity index (χ2n) is 8.38. The lowest BCUT2D eigenvalue weighted by Gasteiger charge is -2.48. The molecule has 1 aromatic carbocycles. The molecule has 0 amide bonds. The fourth-order valence-electron chi connectivity index (χ4n) is 3.91. The molecule has 10 nitrogen and oxygen atoms in total. The smallest absolute Gasteiger partial charge is 0.194 e. The van der Waals surface area contributed by atoms with Crippen LogP contribution in [0.3, 0.4) is 0 Å².